The molecule has 2 unspecified atom stereocenters. The van der Waals surface area contributed by atoms with E-state index in [1.807, 2.05) is 30.3 Å². The summed E-state index contributed by atoms with van der Waals surface area (Å²) in [6.07, 6.45) is 5.66. The van der Waals surface area contributed by atoms with Gasteiger partial charge in [0.25, 0.3) is 0 Å². The van der Waals surface area contributed by atoms with Crippen molar-refractivity contribution in [1.82, 2.24) is 0 Å². The molecule has 0 amide bonds. The lowest BCUT2D eigenvalue weighted by atomic mass is 9.96. The number of terminal acetylenes is 1. The molecule has 0 aliphatic heterocycles. The van der Waals surface area contributed by atoms with Crippen LogP contribution in [0.1, 0.15) is 27.7 Å². The highest BCUT2D eigenvalue weighted by Gasteiger charge is 2.30. The molecule has 0 aliphatic rings. The van der Waals surface area contributed by atoms with Crippen molar-refractivity contribution in [3.8, 4) is 17.2 Å². The number of ether oxygens (including phenoxy) is 1. The van der Waals surface area contributed by atoms with Crippen LogP contribution in [0.2, 0.25) is 0 Å². The summed E-state index contributed by atoms with van der Waals surface area (Å²) in [4.78, 5) is 15.2. The largest absolute Gasteiger partial charge is 0.438 e. The molecule has 0 radical (unpaired) electrons. The monoisotopic (exact) mass is 415 g/mol. The van der Waals surface area contributed by atoms with Crippen molar-refractivity contribution in [2.24, 2.45) is 0 Å². The summed E-state index contributed by atoms with van der Waals surface area (Å²) in [5.74, 6) is 1.52. The Balaban J connectivity index is 1.69. The van der Waals surface area contributed by atoms with Crippen molar-refractivity contribution in [2.75, 3.05) is 0 Å². The predicted octanol–water partition coefficient (Wildman–Crippen LogP) is 6.73. The van der Waals surface area contributed by atoms with E-state index in [-0.39, 0.29) is 10.5 Å². The number of rotatable bonds is 4. The third-order valence-electron chi connectivity index (χ3n) is 5.07. The van der Waals surface area contributed by atoms with Crippen LogP contribution >= 0.6 is 10.5 Å². The summed E-state index contributed by atoms with van der Waals surface area (Å²) in [5, 5.41) is 1.21. The number of halogens is 1. The number of esters is 1. The molecule has 30 heavy (non-hydrogen) atoms. The Bertz CT molecular complexity index is 1300. The molecule has 0 fully saturated rings. The van der Waals surface area contributed by atoms with E-state index in [0.717, 1.165) is 4.90 Å². The number of hydrogen-bond donors (Lipinski definition) is 0. The molecule has 4 rings (SSSR count). The highest BCUT2D eigenvalue weighted by molar-refractivity contribution is 7.45. The van der Waals surface area contributed by atoms with Crippen LogP contribution < -0.4 is 0 Å². The maximum Gasteiger partial charge on any atom is 0.340 e. The molecule has 0 bridgehead atoms. The van der Waals surface area contributed by atoms with Gasteiger partial charge in [-0.15, -0.1) is 6.42 Å². The van der Waals surface area contributed by atoms with Gasteiger partial charge in [-0.25, -0.2) is 9.18 Å². The van der Waals surface area contributed by atoms with E-state index in [2.05, 4.69) is 31.0 Å². The molecule has 0 aliphatic carbocycles. The topological polar surface area (TPSA) is 26.3 Å². The summed E-state index contributed by atoms with van der Waals surface area (Å²) in [6, 6.07) is 23.7. The summed E-state index contributed by atoms with van der Waals surface area (Å²) in [7, 11) is -0.238. The summed E-state index contributed by atoms with van der Waals surface area (Å²) < 4.78 is 20.6. The molecular weight excluding hydrogens is 395 g/mol. The second-order valence-electron chi connectivity index (χ2n) is 7.20. The first-order valence-corrected chi connectivity index (χ1v) is 10.7. The van der Waals surface area contributed by atoms with Crippen LogP contribution in [0.3, 0.4) is 0 Å². The number of carbonyl (C=O) groups excluding carboxylic acids is 1. The fraction of sp³-hybridized carbons (Fsp3) is 0.115. The van der Waals surface area contributed by atoms with E-state index in [1.165, 1.54) is 27.1 Å². The Morgan fingerprint density at radius 2 is 1.80 bits per heavy atom. The van der Waals surface area contributed by atoms with Crippen LogP contribution in [0.15, 0.2) is 78.9 Å². The zero-order valence-electron chi connectivity index (χ0n) is 16.7. The van der Waals surface area contributed by atoms with Crippen molar-refractivity contribution >= 4 is 26.5 Å². The molecule has 148 valence electrons. The minimum absolute atomic E-state index is 0.238. The molecule has 1 heterocycles. The molecule has 0 spiro atoms. The van der Waals surface area contributed by atoms with Gasteiger partial charge in [0.15, 0.2) is 20.1 Å². The average Bonchev–Trinajstić information content (AvgIpc) is 3.09. The van der Waals surface area contributed by atoms with Crippen molar-refractivity contribution in [1.29, 1.82) is 0 Å². The minimum atomic E-state index is -1.37. The van der Waals surface area contributed by atoms with Gasteiger partial charge in [-0.2, -0.15) is 0 Å². The molecule has 0 saturated carbocycles. The number of thiophene rings is 1. The van der Waals surface area contributed by atoms with Crippen LogP contribution in [0.25, 0.3) is 15.0 Å². The van der Waals surface area contributed by atoms with Gasteiger partial charge in [-0.1, -0.05) is 36.3 Å². The molecule has 3 aromatic carbocycles. The van der Waals surface area contributed by atoms with Gasteiger partial charge in [0.1, 0.15) is 5.82 Å². The molecule has 4 heteroatoms. The zero-order chi connectivity index (χ0) is 21.3. The second-order valence-corrected chi connectivity index (χ2v) is 9.37. The Hall–Kier alpha value is -3.42. The van der Waals surface area contributed by atoms with E-state index < -0.39 is 17.4 Å². The number of carbonyl (C=O) groups is 1. The third-order valence-corrected chi connectivity index (χ3v) is 7.37. The first kappa shape index (κ1) is 19.9. The first-order valence-electron chi connectivity index (χ1n) is 9.50. The molecule has 0 N–H and O–H groups in total. The molecular formula is C26H20FO2S+. The maximum atomic E-state index is 13.7. The molecule has 2 atom stereocenters. The number of aryl methyl sites for hydroxylation is 1. The van der Waals surface area contributed by atoms with Gasteiger partial charge in [-0.3, -0.25) is 0 Å². The quantitative estimate of drug-likeness (QED) is 0.210. The van der Waals surface area contributed by atoms with Gasteiger partial charge >= 0.3 is 5.97 Å². The van der Waals surface area contributed by atoms with Crippen LogP contribution in [-0.4, -0.2) is 5.97 Å². The Labute approximate surface area is 177 Å². The van der Waals surface area contributed by atoms with Gasteiger partial charge in [0.2, 0.25) is 0 Å². The van der Waals surface area contributed by atoms with Crippen LogP contribution in [0.4, 0.5) is 4.39 Å². The summed E-state index contributed by atoms with van der Waals surface area (Å²) in [6.45, 7) is 3.69. The Morgan fingerprint density at radius 1 is 1.03 bits per heavy atom. The smallest absolute Gasteiger partial charge is 0.340 e. The van der Waals surface area contributed by atoms with Crippen LogP contribution in [-0.2, 0) is 10.3 Å². The van der Waals surface area contributed by atoms with E-state index in [0.29, 0.717) is 11.1 Å². The van der Waals surface area contributed by atoms with Crippen molar-refractivity contribution in [2.45, 2.75) is 19.4 Å². The predicted molar refractivity (Wildman–Crippen MR) is 121 cm³/mol. The van der Waals surface area contributed by atoms with Crippen molar-refractivity contribution < 1.29 is 13.9 Å². The highest BCUT2D eigenvalue weighted by Crippen LogP contribution is 2.43. The van der Waals surface area contributed by atoms with Gasteiger partial charge in [-0.05, 0) is 43.3 Å². The summed E-state index contributed by atoms with van der Waals surface area (Å²) in [5.41, 5.74) is -0.539. The van der Waals surface area contributed by atoms with Gasteiger partial charge < -0.3 is 4.74 Å². The lowest BCUT2D eigenvalue weighted by Crippen LogP contribution is -2.27. The van der Waals surface area contributed by atoms with Crippen LogP contribution in [0, 0.1) is 25.1 Å². The van der Waals surface area contributed by atoms with E-state index in [1.54, 1.807) is 25.1 Å². The summed E-state index contributed by atoms with van der Waals surface area (Å²) >= 11 is 0. The van der Waals surface area contributed by atoms with Gasteiger partial charge in [0.05, 0.1) is 5.56 Å². The lowest BCUT2D eigenvalue weighted by molar-refractivity contribution is 0.0128. The molecule has 0 saturated heterocycles. The average molecular weight is 416 g/mol. The second kappa shape index (κ2) is 7.78. The fourth-order valence-electron chi connectivity index (χ4n) is 3.50. The molecule has 1 aromatic heterocycles. The fourth-order valence-corrected chi connectivity index (χ4v) is 5.76. The van der Waals surface area contributed by atoms with Crippen molar-refractivity contribution in [3.63, 3.8) is 0 Å². The van der Waals surface area contributed by atoms with E-state index in [4.69, 9.17) is 11.2 Å². The first-order chi connectivity index (χ1) is 14.4. The van der Waals surface area contributed by atoms with E-state index >= 15 is 0 Å². The van der Waals surface area contributed by atoms with Crippen LogP contribution in [0.5, 0.6) is 0 Å². The highest BCUT2D eigenvalue weighted by atomic mass is 32.2. The SMILES string of the molecule is C#CC(C)(OC(=O)c1cccc(-[s+]2c(C)cc3ccccc32)c1)c1cccc(F)c1. The minimum Gasteiger partial charge on any atom is -0.438 e. The standard InChI is InChI=1S/C26H20FO2S/c1-4-26(3,21-11-8-12-22(27)17-21)29-25(28)20-10-7-13-23(16-20)30-18(2)15-19-9-5-6-14-24(19)30/h1,5-17H,2-3H3/q+1. The Kier molecular flexibility index (Phi) is 5.15. The number of hydrogen-bond acceptors (Lipinski definition) is 2. The van der Waals surface area contributed by atoms with Crippen molar-refractivity contribution in [3.05, 3.63) is 101 Å². The Morgan fingerprint density at radius 3 is 2.57 bits per heavy atom. The van der Waals surface area contributed by atoms with E-state index in [9.17, 15) is 9.18 Å². The maximum absolute atomic E-state index is 13.7. The molecule has 4 aromatic rings. The normalized spacial score (nSPS) is 13.5. The zero-order valence-corrected chi connectivity index (χ0v) is 17.5. The third kappa shape index (κ3) is 3.60. The number of benzene rings is 3. The number of fused-ring (bicyclic) bond motifs is 1. The lowest BCUT2D eigenvalue weighted by Gasteiger charge is -2.24. The molecule has 2 nitrogen and oxygen atoms in total. The van der Waals surface area contributed by atoms with Gasteiger partial charge in [0, 0.05) is 40.5 Å².